The van der Waals surface area contributed by atoms with Crippen LogP contribution in [0.4, 0.5) is 5.00 Å². The zero-order chi connectivity index (χ0) is 21.4. The molecule has 0 saturated carbocycles. The normalized spacial score (nSPS) is 13.4. The number of anilines is 1. The topological polar surface area (TPSA) is 65.8 Å². The molecule has 0 atom stereocenters. The monoisotopic (exact) mass is 443 g/mol. The summed E-state index contributed by atoms with van der Waals surface area (Å²) in [5.41, 5.74) is 3.94. The van der Waals surface area contributed by atoms with Crippen LogP contribution in [-0.2, 0) is 12.8 Å². The van der Waals surface area contributed by atoms with E-state index in [0.717, 1.165) is 52.7 Å². The molecule has 5 rings (SSSR count). The van der Waals surface area contributed by atoms with Crippen molar-refractivity contribution in [1.29, 1.82) is 5.26 Å². The van der Waals surface area contributed by atoms with E-state index in [-0.39, 0.29) is 5.91 Å². The molecule has 0 spiro atoms. The van der Waals surface area contributed by atoms with Crippen LogP contribution >= 0.6 is 22.7 Å². The Balaban J connectivity index is 1.57. The molecular formula is C25H21N3OS2. The van der Waals surface area contributed by atoms with E-state index in [0.29, 0.717) is 16.1 Å². The fourth-order valence-electron chi connectivity index (χ4n) is 4.18. The summed E-state index contributed by atoms with van der Waals surface area (Å²) in [7, 11) is 0. The van der Waals surface area contributed by atoms with Crippen molar-refractivity contribution in [2.45, 2.75) is 39.0 Å². The Labute approximate surface area is 189 Å². The number of carbonyl (C=O) groups excluding carboxylic acids is 1. The molecule has 0 fully saturated rings. The Morgan fingerprint density at radius 2 is 1.94 bits per heavy atom. The molecule has 6 heteroatoms. The minimum absolute atomic E-state index is 0.193. The third-order valence-corrected chi connectivity index (χ3v) is 7.94. The molecule has 1 N–H and O–H groups in total. The highest BCUT2D eigenvalue weighted by atomic mass is 32.1. The van der Waals surface area contributed by atoms with Crippen LogP contribution in [0.2, 0.25) is 0 Å². The van der Waals surface area contributed by atoms with E-state index >= 15 is 0 Å². The number of nitriles is 1. The van der Waals surface area contributed by atoms with Gasteiger partial charge in [0.1, 0.15) is 11.1 Å². The molecule has 1 aliphatic carbocycles. The number of pyridine rings is 1. The van der Waals surface area contributed by atoms with E-state index in [2.05, 4.69) is 24.4 Å². The minimum atomic E-state index is -0.193. The lowest BCUT2D eigenvalue weighted by atomic mass is 10.1. The van der Waals surface area contributed by atoms with Gasteiger partial charge in [0, 0.05) is 15.1 Å². The van der Waals surface area contributed by atoms with Gasteiger partial charge in [0.2, 0.25) is 0 Å². The average Bonchev–Trinajstić information content (AvgIpc) is 3.28. The van der Waals surface area contributed by atoms with Crippen LogP contribution in [0.5, 0.6) is 0 Å². The summed E-state index contributed by atoms with van der Waals surface area (Å²) < 4.78 is 0. The van der Waals surface area contributed by atoms with Gasteiger partial charge in [0.25, 0.3) is 5.91 Å². The maximum Gasteiger partial charge on any atom is 0.257 e. The number of benzene rings is 1. The molecule has 1 aromatic carbocycles. The second-order valence-corrected chi connectivity index (χ2v) is 10.2. The lowest BCUT2D eigenvalue weighted by Crippen LogP contribution is -2.13. The SMILES string of the molecule is Cc1ccc(-c2cc(C(=O)Nc3sc4c(c3C#N)CCCCC4)c3ccccc3n2)s1. The Kier molecular flexibility index (Phi) is 5.31. The summed E-state index contributed by atoms with van der Waals surface area (Å²) in [6, 6.07) is 16.0. The average molecular weight is 444 g/mol. The minimum Gasteiger partial charge on any atom is -0.312 e. The molecule has 4 nitrogen and oxygen atoms in total. The first kappa shape index (κ1) is 19.9. The molecule has 1 aliphatic rings. The molecule has 1 amide bonds. The molecule has 3 aromatic heterocycles. The van der Waals surface area contributed by atoms with E-state index in [1.807, 2.05) is 36.4 Å². The highest BCUT2D eigenvalue weighted by Crippen LogP contribution is 2.38. The Bertz CT molecular complexity index is 1340. The zero-order valence-electron chi connectivity index (χ0n) is 17.2. The van der Waals surface area contributed by atoms with Crippen LogP contribution in [0.15, 0.2) is 42.5 Å². The highest BCUT2D eigenvalue weighted by molar-refractivity contribution is 7.16. The molecule has 3 heterocycles. The molecule has 0 radical (unpaired) electrons. The summed E-state index contributed by atoms with van der Waals surface area (Å²) in [4.78, 5) is 21.7. The quantitative estimate of drug-likeness (QED) is 0.357. The zero-order valence-corrected chi connectivity index (χ0v) is 18.8. The number of amides is 1. The van der Waals surface area contributed by atoms with Gasteiger partial charge in [-0.3, -0.25) is 4.79 Å². The first-order valence-electron chi connectivity index (χ1n) is 10.5. The Morgan fingerprint density at radius 3 is 2.74 bits per heavy atom. The fraction of sp³-hybridized carbons (Fsp3) is 0.240. The first-order valence-corrected chi connectivity index (χ1v) is 12.1. The summed E-state index contributed by atoms with van der Waals surface area (Å²) in [5, 5.41) is 14.4. The van der Waals surface area contributed by atoms with Gasteiger partial charge in [-0.15, -0.1) is 22.7 Å². The highest BCUT2D eigenvalue weighted by Gasteiger charge is 2.22. The van der Waals surface area contributed by atoms with Crippen molar-refractivity contribution in [3.63, 3.8) is 0 Å². The van der Waals surface area contributed by atoms with E-state index in [4.69, 9.17) is 4.98 Å². The number of nitrogens with zero attached hydrogens (tertiary/aromatic N) is 2. The van der Waals surface area contributed by atoms with Crippen molar-refractivity contribution < 1.29 is 4.79 Å². The number of rotatable bonds is 3. The standard InChI is InChI=1S/C25H21N3OS2/c1-15-11-12-23(30-15)21-13-18(16-7-5-6-9-20(16)27-21)24(29)28-25-19(14-26)17-8-3-2-4-10-22(17)31-25/h5-7,9,11-13H,2-4,8,10H2,1H3,(H,28,29). The van der Waals surface area contributed by atoms with Crippen LogP contribution in [0.1, 0.15) is 50.5 Å². The number of aromatic nitrogens is 1. The number of para-hydroxylation sites is 1. The van der Waals surface area contributed by atoms with Crippen molar-refractivity contribution in [2.75, 3.05) is 5.32 Å². The maximum atomic E-state index is 13.4. The van der Waals surface area contributed by atoms with Crippen molar-refractivity contribution in [3.8, 4) is 16.6 Å². The maximum absolute atomic E-state index is 13.4. The third-order valence-electron chi connectivity index (χ3n) is 5.71. The predicted octanol–water partition coefficient (Wildman–Crippen LogP) is 6.73. The number of hydrogen-bond donors (Lipinski definition) is 1. The van der Waals surface area contributed by atoms with Crippen LogP contribution in [0.25, 0.3) is 21.5 Å². The number of nitrogens with one attached hydrogen (secondary N) is 1. The van der Waals surface area contributed by atoms with Gasteiger partial charge >= 0.3 is 0 Å². The summed E-state index contributed by atoms with van der Waals surface area (Å²) in [5.74, 6) is -0.193. The molecule has 0 bridgehead atoms. The van der Waals surface area contributed by atoms with Gasteiger partial charge in [-0.25, -0.2) is 4.98 Å². The van der Waals surface area contributed by atoms with Gasteiger partial charge in [0.15, 0.2) is 0 Å². The van der Waals surface area contributed by atoms with Crippen molar-refractivity contribution in [3.05, 3.63) is 68.9 Å². The molecule has 31 heavy (non-hydrogen) atoms. The lowest BCUT2D eigenvalue weighted by Gasteiger charge is -2.09. The van der Waals surface area contributed by atoms with Gasteiger partial charge in [0.05, 0.1) is 27.2 Å². The molecule has 154 valence electrons. The van der Waals surface area contributed by atoms with Gasteiger partial charge in [-0.1, -0.05) is 24.6 Å². The fourth-order valence-corrected chi connectivity index (χ4v) is 6.24. The van der Waals surface area contributed by atoms with Crippen molar-refractivity contribution in [2.24, 2.45) is 0 Å². The van der Waals surface area contributed by atoms with Crippen LogP contribution in [0, 0.1) is 18.3 Å². The second-order valence-electron chi connectivity index (χ2n) is 7.82. The smallest absolute Gasteiger partial charge is 0.257 e. The molecule has 0 unspecified atom stereocenters. The Morgan fingerprint density at radius 1 is 1.10 bits per heavy atom. The van der Waals surface area contributed by atoms with Crippen LogP contribution < -0.4 is 5.32 Å². The molecule has 0 aliphatic heterocycles. The van der Waals surface area contributed by atoms with E-state index in [1.54, 1.807) is 22.7 Å². The van der Waals surface area contributed by atoms with Crippen molar-refractivity contribution in [1.82, 2.24) is 4.98 Å². The number of carbonyl (C=O) groups is 1. The largest absolute Gasteiger partial charge is 0.312 e. The van der Waals surface area contributed by atoms with E-state index in [1.165, 1.54) is 16.2 Å². The predicted molar refractivity (Wildman–Crippen MR) is 128 cm³/mol. The summed E-state index contributed by atoms with van der Waals surface area (Å²) >= 11 is 3.23. The number of fused-ring (bicyclic) bond motifs is 2. The van der Waals surface area contributed by atoms with Crippen LogP contribution in [-0.4, -0.2) is 10.9 Å². The van der Waals surface area contributed by atoms with Gasteiger partial charge in [-0.05, 0) is 62.4 Å². The summed E-state index contributed by atoms with van der Waals surface area (Å²) in [6.07, 6.45) is 5.35. The number of hydrogen-bond acceptors (Lipinski definition) is 5. The molecule has 0 saturated heterocycles. The van der Waals surface area contributed by atoms with Crippen LogP contribution in [0.3, 0.4) is 0 Å². The summed E-state index contributed by atoms with van der Waals surface area (Å²) in [6.45, 7) is 2.06. The van der Waals surface area contributed by atoms with Gasteiger partial charge < -0.3 is 5.32 Å². The van der Waals surface area contributed by atoms with Gasteiger partial charge in [-0.2, -0.15) is 5.26 Å². The van der Waals surface area contributed by atoms with E-state index < -0.39 is 0 Å². The van der Waals surface area contributed by atoms with E-state index in [9.17, 15) is 10.1 Å². The lowest BCUT2D eigenvalue weighted by molar-refractivity contribution is 0.102. The Hall–Kier alpha value is -3.01. The molecular weight excluding hydrogens is 422 g/mol. The molecule has 4 aromatic rings. The van der Waals surface area contributed by atoms with Crippen molar-refractivity contribution >= 4 is 44.5 Å². The first-order chi connectivity index (χ1) is 15.1. The third kappa shape index (κ3) is 3.76. The number of aryl methyl sites for hydroxylation is 2. The second kappa shape index (κ2) is 8.26. The number of thiophene rings is 2.